The van der Waals surface area contributed by atoms with Crippen molar-refractivity contribution in [3.8, 4) is 79.7 Å². The Morgan fingerprint density at radius 3 is 1.08 bits per heavy atom. The van der Waals surface area contributed by atoms with Gasteiger partial charge in [0.05, 0.1) is 29.8 Å². The fraction of sp³-hybridized carbons (Fsp3) is 0. The zero-order valence-electron chi connectivity index (χ0n) is 25.5. The highest BCUT2D eigenvalue weighted by atomic mass is 15.0. The van der Waals surface area contributed by atoms with Crippen molar-refractivity contribution in [1.82, 2.24) is 15.0 Å². The molecule has 0 amide bonds. The molecule has 0 N–H and O–H groups in total. The maximum atomic E-state index is 9.45. The van der Waals surface area contributed by atoms with Gasteiger partial charge in [-0.2, -0.15) is 10.5 Å². The summed E-state index contributed by atoms with van der Waals surface area (Å²) in [7, 11) is 0. The highest BCUT2D eigenvalue weighted by Crippen LogP contribution is 2.32. The molecule has 0 aliphatic heterocycles. The summed E-state index contributed by atoms with van der Waals surface area (Å²) in [5.74, 6) is 1.52. The second-order valence-corrected chi connectivity index (χ2v) is 11.1. The Balaban J connectivity index is 1.38. The third kappa shape index (κ3) is 6.17. The minimum Gasteiger partial charge on any atom is -0.238 e. The smallest absolute Gasteiger partial charge is 0.187 e. The van der Waals surface area contributed by atoms with Gasteiger partial charge in [0, 0.05) is 16.7 Å². The summed E-state index contributed by atoms with van der Waals surface area (Å²) in [4.78, 5) is 18.5. The van der Waals surface area contributed by atoms with Crippen LogP contribution in [-0.4, -0.2) is 15.0 Å². The van der Waals surface area contributed by atoms with Gasteiger partial charge in [0.2, 0.25) is 0 Å². The molecule has 0 unspecified atom stereocenters. The number of hydrogen-bond acceptors (Lipinski definition) is 5. The molecule has 0 fully saturated rings. The van der Waals surface area contributed by atoms with Gasteiger partial charge in [0.1, 0.15) is 0 Å². The molecule has 0 radical (unpaired) electrons. The summed E-state index contributed by atoms with van der Waals surface area (Å²) in [6.45, 7) is 7.44. The molecule has 1 heterocycles. The van der Waals surface area contributed by atoms with E-state index in [4.69, 9.17) is 21.5 Å². The predicted molar refractivity (Wildman–Crippen MR) is 188 cm³/mol. The van der Waals surface area contributed by atoms with E-state index in [0.29, 0.717) is 34.3 Å². The van der Waals surface area contributed by atoms with E-state index in [0.717, 1.165) is 50.1 Å². The van der Waals surface area contributed by atoms with E-state index in [9.17, 15) is 10.5 Å². The SMILES string of the molecule is [C-]#[N+]c1cccc(-c2cccc(-c3nc(-c4cccc(-c5cccc(C#N)c5)c4)nc(-c4cccc(-c5cccc(C#N)c5)c4)n3)c2)c1. The third-order valence-electron chi connectivity index (χ3n) is 7.96. The lowest BCUT2D eigenvalue weighted by Gasteiger charge is -2.11. The van der Waals surface area contributed by atoms with Crippen LogP contribution in [0.15, 0.2) is 146 Å². The summed E-state index contributed by atoms with van der Waals surface area (Å²) >= 11 is 0. The lowest BCUT2D eigenvalue weighted by atomic mass is 10.00. The van der Waals surface area contributed by atoms with Crippen LogP contribution in [0.2, 0.25) is 0 Å². The van der Waals surface area contributed by atoms with E-state index in [1.807, 2.05) is 127 Å². The standard InChI is InChI=1S/C42H24N6/c1-45-39-19-7-15-35(25-39)34-14-6-18-38(24-34)42-47-40(36-16-4-12-32(22-36)30-10-2-8-28(20-30)26-43)46-41(48-42)37-17-5-13-33(23-37)31-11-3-9-29(21-31)27-44/h2-25H. The zero-order valence-corrected chi connectivity index (χ0v) is 25.5. The van der Waals surface area contributed by atoms with Gasteiger partial charge in [-0.05, 0) is 81.9 Å². The average molecular weight is 613 g/mol. The number of benzene rings is 6. The van der Waals surface area contributed by atoms with E-state index in [1.54, 1.807) is 18.2 Å². The average Bonchev–Trinajstić information content (AvgIpc) is 3.18. The quantitative estimate of drug-likeness (QED) is 0.174. The largest absolute Gasteiger partial charge is 0.238 e. The first-order valence-electron chi connectivity index (χ1n) is 15.2. The summed E-state index contributed by atoms with van der Waals surface area (Å²) in [6.07, 6.45) is 0. The molecule has 0 saturated heterocycles. The summed E-state index contributed by atoms with van der Waals surface area (Å²) in [6, 6.07) is 50.8. The summed E-state index contributed by atoms with van der Waals surface area (Å²) < 4.78 is 0. The minimum absolute atomic E-state index is 0.505. The first-order chi connectivity index (χ1) is 23.6. The molecule has 6 heteroatoms. The molecular formula is C42H24N6. The van der Waals surface area contributed by atoms with Crippen LogP contribution in [0.25, 0.3) is 72.4 Å². The molecule has 0 aliphatic rings. The van der Waals surface area contributed by atoms with Crippen LogP contribution < -0.4 is 0 Å². The molecule has 6 aromatic carbocycles. The molecule has 48 heavy (non-hydrogen) atoms. The van der Waals surface area contributed by atoms with Crippen LogP contribution in [0.3, 0.4) is 0 Å². The van der Waals surface area contributed by atoms with Gasteiger partial charge in [-0.1, -0.05) is 97.1 Å². The van der Waals surface area contributed by atoms with Gasteiger partial charge in [0.25, 0.3) is 0 Å². The summed E-state index contributed by atoms with van der Waals surface area (Å²) in [5.41, 5.74) is 9.76. The van der Waals surface area contributed by atoms with Gasteiger partial charge in [-0.15, -0.1) is 0 Å². The van der Waals surface area contributed by atoms with Gasteiger partial charge < -0.3 is 0 Å². The molecule has 7 rings (SSSR count). The van der Waals surface area contributed by atoms with Crippen LogP contribution in [0.5, 0.6) is 0 Å². The maximum Gasteiger partial charge on any atom is 0.187 e. The Hall–Kier alpha value is -7.20. The van der Waals surface area contributed by atoms with E-state index in [2.05, 4.69) is 17.0 Å². The van der Waals surface area contributed by atoms with Crippen molar-refractivity contribution < 1.29 is 0 Å². The molecule has 0 atom stereocenters. The topological polar surface area (TPSA) is 90.6 Å². The molecule has 7 aromatic rings. The number of nitriles is 2. The zero-order chi connectivity index (χ0) is 32.9. The van der Waals surface area contributed by atoms with Gasteiger partial charge in [0.15, 0.2) is 23.2 Å². The highest BCUT2D eigenvalue weighted by molar-refractivity contribution is 5.77. The van der Waals surface area contributed by atoms with E-state index >= 15 is 0 Å². The molecule has 6 nitrogen and oxygen atoms in total. The second-order valence-electron chi connectivity index (χ2n) is 11.1. The molecule has 0 aliphatic carbocycles. The monoisotopic (exact) mass is 612 g/mol. The van der Waals surface area contributed by atoms with E-state index in [1.165, 1.54) is 0 Å². The Morgan fingerprint density at radius 2 is 0.708 bits per heavy atom. The lowest BCUT2D eigenvalue weighted by molar-refractivity contribution is 1.07. The molecular weight excluding hydrogens is 589 g/mol. The number of rotatable bonds is 6. The second kappa shape index (κ2) is 13.0. The number of aromatic nitrogens is 3. The van der Waals surface area contributed by atoms with E-state index in [-0.39, 0.29) is 0 Å². The normalized spacial score (nSPS) is 10.4. The Bertz CT molecular complexity index is 2170. The fourth-order valence-electron chi connectivity index (χ4n) is 5.57. The van der Waals surface area contributed by atoms with Gasteiger partial charge >= 0.3 is 0 Å². The van der Waals surface area contributed by atoms with Crippen LogP contribution in [-0.2, 0) is 0 Å². The van der Waals surface area contributed by atoms with Gasteiger partial charge in [-0.25, -0.2) is 19.8 Å². The van der Waals surface area contributed by atoms with E-state index < -0.39 is 0 Å². The Kier molecular flexibility index (Phi) is 8.01. The van der Waals surface area contributed by atoms with Crippen molar-refractivity contribution in [3.05, 3.63) is 168 Å². The van der Waals surface area contributed by atoms with Crippen molar-refractivity contribution in [2.75, 3.05) is 0 Å². The molecule has 1 aromatic heterocycles. The summed E-state index contributed by atoms with van der Waals surface area (Å²) in [5, 5.41) is 18.9. The molecule has 0 saturated carbocycles. The molecule has 0 bridgehead atoms. The number of nitrogens with zero attached hydrogens (tertiary/aromatic N) is 6. The van der Waals surface area contributed by atoms with Crippen molar-refractivity contribution in [2.45, 2.75) is 0 Å². The third-order valence-corrected chi connectivity index (χ3v) is 7.96. The number of hydrogen-bond donors (Lipinski definition) is 0. The Labute approximate surface area is 278 Å². The van der Waals surface area contributed by atoms with Crippen LogP contribution in [0.4, 0.5) is 5.69 Å². The van der Waals surface area contributed by atoms with Crippen molar-refractivity contribution in [2.24, 2.45) is 0 Å². The van der Waals surface area contributed by atoms with Crippen molar-refractivity contribution >= 4 is 5.69 Å². The van der Waals surface area contributed by atoms with Crippen LogP contribution >= 0.6 is 0 Å². The van der Waals surface area contributed by atoms with Crippen molar-refractivity contribution in [3.63, 3.8) is 0 Å². The fourth-order valence-corrected chi connectivity index (χ4v) is 5.57. The van der Waals surface area contributed by atoms with Crippen LogP contribution in [0, 0.1) is 29.2 Å². The Morgan fingerprint density at radius 1 is 0.396 bits per heavy atom. The minimum atomic E-state index is 0.505. The molecule has 0 spiro atoms. The van der Waals surface area contributed by atoms with Gasteiger partial charge in [-0.3, -0.25) is 0 Å². The van der Waals surface area contributed by atoms with Crippen molar-refractivity contribution in [1.29, 1.82) is 10.5 Å². The predicted octanol–water partition coefficient (Wildman–Crippen LogP) is 10.2. The molecule has 222 valence electrons. The first kappa shape index (κ1) is 29.5. The first-order valence-corrected chi connectivity index (χ1v) is 15.2. The maximum absolute atomic E-state index is 9.45. The highest BCUT2D eigenvalue weighted by Gasteiger charge is 2.15. The van der Waals surface area contributed by atoms with Crippen LogP contribution in [0.1, 0.15) is 11.1 Å². The lowest BCUT2D eigenvalue weighted by Crippen LogP contribution is -2.00.